The van der Waals surface area contributed by atoms with Gasteiger partial charge in [0, 0.05) is 32.4 Å². The normalized spacial score (nSPS) is 15.1. The lowest BCUT2D eigenvalue weighted by molar-refractivity contribution is 0.593. The molecule has 1 aliphatic rings. The molecule has 2 nitrogen and oxygen atoms in total. The molecular weight excluding hydrogens is 613 g/mol. The van der Waals surface area contributed by atoms with E-state index in [1.807, 2.05) is 30.3 Å². The summed E-state index contributed by atoms with van der Waals surface area (Å²) in [5.74, 6) is 0. The molecule has 0 aliphatic carbocycles. The SMILES string of the molecule is O=P1(c2ccccc2)c2cc3ccccc3cc2-c2cc3c(cc21)c1ccccc1n3-c1cc(-c2ccccc2)cc(-c2ccccc2)c1. The Labute approximate surface area is 284 Å². The van der Waals surface area contributed by atoms with E-state index in [4.69, 9.17) is 0 Å². The van der Waals surface area contributed by atoms with Crippen LogP contribution in [-0.2, 0) is 4.57 Å². The third-order valence-electron chi connectivity index (χ3n) is 10.1. The number of hydrogen-bond acceptors (Lipinski definition) is 1. The minimum absolute atomic E-state index is 0.872. The summed E-state index contributed by atoms with van der Waals surface area (Å²) < 4.78 is 18.2. The summed E-state index contributed by atoms with van der Waals surface area (Å²) in [6.45, 7) is 0. The molecule has 0 amide bonds. The molecule has 49 heavy (non-hydrogen) atoms. The predicted molar refractivity (Wildman–Crippen MR) is 208 cm³/mol. The van der Waals surface area contributed by atoms with Crippen LogP contribution in [0.5, 0.6) is 0 Å². The molecule has 0 spiro atoms. The Morgan fingerprint density at radius 1 is 0.388 bits per heavy atom. The van der Waals surface area contributed by atoms with Crippen molar-refractivity contribution in [3.05, 3.63) is 182 Å². The highest BCUT2D eigenvalue weighted by Gasteiger charge is 2.41. The number of para-hydroxylation sites is 1. The van der Waals surface area contributed by atoms with E-state index in [-0.39, 0.29) is 0 Å². The van der Waals surface area contributed by atoms with Crippen molar-refractivity contribution in [1.29, 1.82) is 0 Å². The zero-order valence-electron chi connectivity index (χ0n) is 26.6. The maximum absolute atomic E-state index is 15.8. The Kier molecular flexibility index (Phi) is 6.19. The summed E-state index contributed by atoms with van der Waals surface area (Å²) >= 11 is 0. The zero-order valence-corrected chi connectivity index (χ0v) is 27.5. The van der Waals surface area contributed by atoms with E-state index in [2.05, 4.69) is 156 Å². The van der Waals surface area contributed by atoms with Gasteiger partial charge in [-0.1, -0.05) is 133 Å². The van der Waals surface area contributed by atoms with Crippen LogP contribution in [0.2, 0.25) is 0 Å². The van der Waals surface area contributed by atoms with Gasteiger partial charge >= 0.3 is 0 Å². The van der Waals surface area contributed by atoms with Crippen LogP contribution >= 0.6 is 7.14 Å². The average Bonchev–Trinajstić information content (AvgIpc) is 3.62. The van der Waals surface area contributed by atoms with Gasteiger partial charge < -0.3 is 9.13 Å². The molecule has 0 fully saturated rings. The van der Waals surface area contributed by atoms with Crippen molar-refractivity contribution in [3.8, 4) is 39.1 Å². The topological polar surface area (TPSA) is 22.0 Å². The lowest BCUT2D eigenvalue weighted by Crippen LogP contribution is -2.20. The van der Waals surface area contributed by atoms with Gasteiger partial charge in [0.15, 0.2) is 7.14 Å². The van der Waals surface area contributed by atoms with Crippen molar-refractivity contribution >= 4 is 55.6 Å². The fraction of sp³-hybridized carbons (Fsp3) is 0. The molecule has 1 atom stereocenters. The Morgan fingerprint density at radius 2 is 0.918 bits per heavy atom. The van der Waals surface area contributed by atoms with Crippen LogP contribution in [-0.4, -0.2) is 4.57 Å². The summed E-state index contributed by atoms with van der Waals surface area (Å²) in [4.78, 5) is 0. The first-order chi connectivity index (χ1) is 24.2. The molecule has 0 bridgehead atoms. The minimum Gasteiger partial charge on any atom is -0.309 e. The van der Waals surface area contributed by atoms with Crippen molar-refractivity contribution in [2.24, 2.45) is 0 Å². The van der Waals surface area contributed by atoms with E-state index in [1.165, 1.54) is 11.1 Å². The third kappa shape index (κ3) is 4.25. The molecule has 9 aromatic rings. The molecule has 0 radical (unpaired) electrons. The zero-order chi connectivity index (χ0) is 32.5. The second kappa shape index (κ2) is 10.8. The number of rotatable bonds is 4. The number of hydrogen-bond donors (Lipinski definition) is 0. The van der Waals surface area contributed by atoms with Crippen molar-refractivity contribution in [2.45, 2.75) is 0 Å². The molecule has 2 heterocycles. The summed E-state index contributed by atoms with van der Waals surface area (Å²) in [6.07, 6.45) is 0. The van der Waals surface area contributed by atoms with Crippen LogP contribution in [0, 0.1) is 0 Å². The molecule has 8 aromatic carbocycles. The predicted octanol–water partition coefficient (Wildman–Crippen LogP) is 10.9. The van der Waals surface area contributed by atoms with Gasteiger partial charge in [-0.3, -0.25) is 0 Å². The first-order valence-corrected chi connectivity index (χ1v) is 18.4. The molecule has 0 N–H and O–H groups in total. The first-order valence-electron chi connectivity index (χ1n) is 16.7. The van der Waals surface area contributed by atoms with Gasteiger partial charge in [0.1, 0.15) is 0 Å². The maximum Gasteiger partial charge on any atom is 0.172 e. The van der Waals surface area contributed by atoms with Gasteiger partial charge in [0.05, 0.1) is 11.0 Å². The molecular formula is C46H30NOP. The molecule has 0 saturated heterocycles. The van der Waals surface area contributed by atoms with Crippen molar-refractivity contribution in [2.75, 3.05) is 0 Å². The Balaban J connectivity index is 1.31. The molecule has 230 valence electrons. The van der Waals surface area contributed by atoms with Gasteiger partial charge in [-0.2, -0.15) is 0 Å². The first kappa shape index (κ1) is 28.1. The van der Waals surface area contributed by atoms with Crippen LogP contribution in [0.4, 0.5) is 0 Å². The lowest BCUT2D eigenvalue weighted by atomic mass is 9.97. The summed E-state index contributed by atoms with van der Waals surface area (Å²) in [6, 6.07) is 64.2. The molecule has 1 aromatic heterocycles. The number of nitrogens with zero attached hydrogens (tertiary/aromatic N) is 1. The van der Waals surface area contributed by atoms with E-state index < -0.39 is 7.14 Å². The monoisotopic (exact) mass is 643 g/mol. The van der Waals surface area contributed by atoms with Crippen LogP contribution < -0.4 is 15.9 Å². The standard InChI is InChI=1S/C46H30NOP/c48-49(38-20-8-3-9-21-38)45-28-34-19-11-10-18-33(34)27-41(45)42-29-44-40(30-46(42)49)39-22-12-13-23-43(39)47(44)37-25-35(31-14-4-1-5-15-31)24-36(26-37)32-16-6-2-7-17-32/h1-30H. The van der Waals surface area contributed by atoms with Gasteiger partial charge in [-0.25, -0.2) is 0 Å². The molecule has 3 heteroatoms. The van der Waals surface area contributed by atoms with Crippen molar-refractivity contribution < 1.29 is 4.57 Å². The van der Waals surface area contributed by atoms with Crippen LogP contribution in [0.3, 0.4) is 0 Å². The van der Waals surface area contributed by atoms with Crippen LogP contribution in [0.25, 0.3) is 71.6 Å². The van der Waals surface area contributed by atoms with Crippen LogP contribution in [0.1, 0.15) is 0 Å². The number of fused-ring (bicyclic) bond motifs is 7. The molecule has 1 aliphatic heterocycles. The van der Waals surface area contributed by atoms with Gasteiger partial charge in [0.25, 0.3) is 0 Å². The lowest BCUT2D eigenvalue weighted by Gasteiger charge is -2.16. The molecule has 0 saturated carbocycles. The Morgan fingerprint density at radius 3 is 1.59 bits per heavy atom. The van der Waals surface area contributed by atoms with E-state index in [0.29, 0.717) is 0 Å². The van der Waals surface area contributed by atoms with Crippen molar-refractivity contribution in [1.82, 2.24) is 4.57 Å². The summed E-state index contributed by atoms with van der Waals surface area (Å²) in [5, 5.41) is 7.22. The second-order valence-electron chi connectivity index (χ2n) is 12.9. The van der Waals surface area contributed by atoms with E-state index in [1.54, 1.807) is 0 Å². The maximum atomic E-state index is 15.8. The van der Waals surface area contributed by atoms with Gasteiger partial charge in [0.2, 0.25) is 0 Å². The van der Waals surface area contributed by atoms with E-state index in [9.17, 15) is 0 Å². The fourth-order valence-electron chi connectivity index (χ4n) is 7.84. The van der Waals surface area contributed by atoms with E-state index in [0.717, 1.165) is 76.4 Å². The highest BCUT2D eigenvalue weighted by molar-refractivity contribution is 7.86. The fourth-order valence-corrected chi connectivity index (χ4v) is 10.9. The quantitative estimate of drug-likeness (QED) is 0.175. The minimum atomic E-state index is -3.16. The molecule has 10 rings (SSSR count). The average molecular weight is 644 g/mol. The Bertz CT molecular complexity index is 2720. The largest absolute Gasteiger partial charge is 0.309 e. The number of benzene rings is 8. The van der Waals surface area contributed by atoms with Crippen molar-refractivity contribution in [3.63, 3.8) is 0 Å². The Hall–Kier alpha value is -5.95. The third-order valence-corrected chi connectivity index (χ3v) is 13.3. The highest BCUT2D eigenvalue weighted by atomic mass is 31.2. The smallest absolute Gasteiger partial charge is 0.172 e. The van der Waals surface area contributed by atoms with E-state index >= 15 is 4.57 Å². The molecule has 1 unspecified atom stereocenters. The highest BCUT2D eigenvalue weighted by Crippen LogP contribution is 2.54. The van der Waals surface area contributed by atoms with Gasteiger partial charge in [-0.05, 0) is 92.7 Å². The van der Waals surface area contributed by atoms with Gasteiger partial charge in [-0.15, -0.1) is 0 Å². The second-order valence-corrected chi connectivity index (χ2v) is 15.6. The van der Waals surface area contributed by atoms with Crippen LogP contribution in [0.15, 0.2) is 182 Å². The summed E-state index contributed by atoms with van der Waals surface area (Å²) in [7, 11) is -3.16. The number of aromatic nitrogens is 1. The summed E-state index contributed by atoms with van der Waals surface area (Å²) in [5.41, 5.74) is 10.1.